The fourth-order valence-corrected chi connectivity index (χ4v) is 3.64. The average Bonchev–Trinajstić information content (AvgIpc) is 2.63. The first-order valence-electron chi connectivity index (χ1n) is 9.56. The number of esters is 1. The summed E-state index contributed by atoms with van der Waals surface area (Å²) in [6.07, 6.45) is 6.61. The van der Waals surface area contributed by atoms with Gasteiger partial charge in [-0.05, 0) is 59.9 Å². The van der Waals surface area contributed by atoms with Crippen LogP contribution in [0, 0.1) is 5.92 Å². The van der Waals surface area contributed by atoms with Gasteiger partial charge in [-0.1, -0.05) is 63.1 Å². The average molecular weight is 336 g/mol. The van der Waals surface area contributed by atoms with E-state index in [2.05, 4.69) is 31.2 Å². The number of benzene rings is 2. The highest BCUT2D eigenvalue weighted by atomic mass is 16.5. The molecule has 0 amide bonds. The van der Waals surface area contributed by atoms with Crippen molar-refractivity contribution in [1.82, 2.24) is 0 Å². The minimum absolute atomic E-state index is 0.165. The molecule has 0 aromatic heterocycles. The largest absolute Gasteiger partial charge is 0.427 e. The highest BCUT2D eigenvalue weighted by molar-refractivity contribution is 5.73. The molecule has 2 aromatic carbocycles. The number of rotatable bonds is 5. The molecule has 0 atom stereocenters. The van der Waals surface area contributed by atoms with E-state index in [0.717, 1.165) is 23.8 Å². The molecule has 0 saturated heterocycles. The van der Waals surface area contributed by atoms with Gasteiger partial charge in [0.25, 0.3) is 0 Å². The highest BCUT2D eigenvalue weighted by Crippen LogP contribution is 2.36. The van der Waals surface area contributed by atoms with E-state index in [4.69, 9.17) is 4.74 Å². The number of carbonyl (C=O) groups is 1. The van der Waals surface area contributed by atoms with Crippen LogP contribution in [0.15, 0.2) is 48.5 Å². The molecule has 0 aliphatic heterocycles. The van der Waals surface area contributed by atoms with Crippen LogP contribution in [0.5, 0.6) is 5.75 Å². The summed E-state index contributed by atoms with van der Waals surface area (Å²) in [4.78, 5) is 11.6. The van der Waals surface area contributed by atoms with Crippen LogP contribution in [-0.2, 0) is 4.79 Å². The Hall–Kier alpha value is -2.09. The molecule has 0 radical (unpaired) electrons. The second-order valence-corrected chi connectivity index (χ2v) is 7.33. The zero-order chi connectivity index (χ0) is 17.6. The fraction of sp³-hybridized carbons (Fsp3) is 0.435. The van der Waals surface area contributed by atoms with Crippen molar-refractivity contribution in [3.63, 3.8) is 0 Å². The summed E-state index contributed by atoms with van der Waals surface area (Å²) in [5, 5.41) is 0. The van der Waals surface area contributed by atoms with Crippen molar-refractivity contribution < 1.29 is 9.53 Å². The number of ether oxygens (including phenoxy) is 1. The maximum absolute atomic E-state index is 11.6. The number of carbonyl (C=O) groups excluding carboxylic acids is 1. The molecule has 0 bridgehead atoms. The molecular weight excluding hydrogens is 308 g/mol. The lowest BCUT2D eigenvalue weighted by molar-refractivity contribution is -0.134. The molecule has 1 aliphatic carbocycles. The quantitative estimate of drug-likeness (QED) is 0.469. The Morgan fingerprint density at radius 1 is 0.920 bits per heavy atom. The molecule has 2 nitrogen and oxygen atoms in total. The normalized spacial score (nSPS) is 20.2. The van der Waals surface area contributed by atoms with Crippen molar-refractivity contribution >= 4 is 5.97 Å². The molecule has 1 fully saturated rings. The van der Waals surface area contributed by atoms with E-state index in [1.54, 1.807) is 0 Å². The van der Waals surface area contributed by atoms with Crippen LogP contribution in [0.4, 0.5) is 0 Å². The Morgan fingerprint density at radius 3 is 2.04 bits per heavy atom. The molecule has 0 unspecified atom stereocenters. The summed E-state index contributed by atoms with van der Waals surface area (Å²) in [5.74, 6) is 2.07. The van der Waals surface area contributed by atoms with Gasteiger partial charge in [-0.3, -0.25) is 4.79 Å². The molecule has 1 aliphatic rings. The summed E-state index contributed by atoms with van der Waals surface area (Å²) in [7, 11) is 0. The Kier molecular flexibility index (Phi) is 5.91. The predicted octanol–water partition coefficient (Wildman–Crippen LogP) is 6.35. The predicted molar refractivity (Wildman–Crippen MR) is 103 cm³/mol. The van der Waals surface area contributed by atoms with Gasteiger partial charge in [0.15, 0.2) is 0 Å². The van der Waals surface area contributed by atoms with E-state index in [1.807, 2.05) is 31.2 Å². The van der Waals surface area contributed by atoms with Gasteiger partial charge in [-0.2, -0.15) is 0 Å². The Labute approximate surface area is 151 Å². The summed E-state index contributed by atoms with van der Waals surface area (Å²) in [6, 6.07) is 16.8. The molecule has 2 aromatic rings. The first kappa shape index (κ1) is 17.7. The first-order valence-corrected chi connectivity index (χ1v) is 9.56. The van der Waals surface area contributed by atoms with Crippen molar-refractivity contribution in [2.45, 2.75) is 58.3 Å². The molecule has 0 N–H and O–H groups in total. The van der Waals surface area contributed by atoms with Crippen molar-refractivity contribution in [3.8, 4) is 16.9 Å². The van der Waals surface area contributed by atoms with Crippen molar-refractivity contribution in [1.29, 1.82) is 0 Å². The standard InChI is InChI=1S/C23H28O2/c1-3-4-23(24)25-22-15-13-21(14-16-22)20-11-9-19(10-12-20)18-7-5-17(2)6-8-18/h9-18H,3-8H2,1-2H3. The van der Waals surface area contributed by atoms with E-state index >= 15 is 0 Å². The van der Waals surface area contributed by atoms with Crippen LogP contribution in [-0.4, -0.2) is 5.97 Å². The Morgan fingerprint density at radius 2 is 1.48 bits per heavy atom. The molecule has 1 saturated carbocycles. The van der Waals surface area contributed by atoms with Gasteiger partial charge in [0.1, 0.15) is 5.75 Å². The maximum Gasteiger partial charge on any atom is 0.311 e. The second kappa shape index (κ2) is 8.33. The van der Waals surface area contributed by atoms with Crippen LogP contribution < -0.4 is 4.74 Å². The van der Waals surface area contributed by atoms with Crippen LogP contribution in [0.1, 0.15) is 63.9 Å². The molecule has 25 heavy (non-hydrogen) atoms. The summed E-state index contributed by atoms with van der Waals surface area (Å²) < 4.78 is 5.31. The van der Waals surface area contributed by atoms with Crippen molar-refractivity contribution in [2.75, 3.05) is 0 Å². The monoisotopic (exact) mass is 336 g/mol. The second-order valence-electron chi connectivity index (χ2n) is 7.33. The lowest BCUT2D eigenvalue weighted by atomic mass is 9.79. The molecule has 2 heteroatoms. The molecular formula is C23H28O2. The third kappa shape index (κ3) is 4.72. The van der Waals surface area contributed by atoms with E-state index in [1.165, 1.54) is 36.8 Å². The SMILES string of the molecule is CCCC(=O)Oc1ccc(-c2ccc(C3CCC(C)CC3)cc2)cc1. The van der Waals surface area contributed by atoms with E-state index < -0.39 is 0 Å². The van der Waals surface area contributed by atoms with Crippen LogP contribution in [0.25, 0.3) is 11.1 Å². The third-order valence-electron chi connectivity index (χ3n) is 5.27. The van der Waals surface area contributed by atoms with E-state index in [9.17, 15) is 4.79 Å². The fourth-order valence-electron chi connectivity index (χ4n) is 3.64. The maximum atomic E-state index is 11.6. The van der Waals surface area contributed by atoms with Gasteiger partial charge in [0, 0.05) is 6.42 Å². The third-order valence-corrected chi connectivity index (χ3v) is 5.27. The Bertz CT molecular complexity index is 677. The summed E-state index contributed by atoms with van der Waals surface area (Å²) in [5.41, 5.74) is 3.83. The first-order chi connectivity index (χ1) is 12.2. The smallest absolute Gasteiger partial charge is 0.311 e. The lowest BCUT2D eigenvalue weighted by Gasteiger charge is -2.26. The van der Waals surface area contributed by atoms with Gasteiger partial charge in [-0.25, -0.2) is 0 Å². The number of hydrogen-bond acceptors (Lipinski definition) is 2. The highest BCUT2D eigenvalue weighted by Gasteiger charge is 2.19. The van der Waals surface area contributed by atoms with Gasteiger partial charge < -0.3 is 4.74 Å². The van der Waals surface area contributed by atoms with Crippen molar-refractivity contribution in [3.05, 3.63) is 54.1 Å². The van der Waals surface area contributed by atoms with Gasteiger partial charge >= 0.3 is 5.97 Å². The molecule has 132 valence electrons. The van der Waals surface area contributed by atoms with Gasteiger partial charge in [0.2, 0.25) is 0 Å². The zero-order valence-electron chi connectivity index (χ0n) is 15.3. The summed E-state index contributed by atoms with van der Waals surface area (Å²) in [6.45, 7) is 4.34. The zero-order valence-corrected chi connectivity index (χ0v) is 15.3. The minimum Gasteiger partial charge on any atom is -0.427 e. The molecule has 0 heterocycles. The minimum atomic E-state index is -0.165. The summed E-state index contributed by atoms with van der Waals surface area (Å²) >= 11 is 0. The Balaban J connectivity index is 1.65. The molecule has 0 spiro atoms. The van der Waals surface area contributed by atoms with Crippen LogP contribution in [0.3, 0.4) is 0 Å². The molecule has 3 rings (SSSR count). The topological polar surface area (TPSA) is 26.3 Å². The van der Waals surface area contributed by atoms with Gasteiger partial charge in [-0.15, -0.1) is 0 Å². The lowest BCUT2D eigenvalue weighted by Crippen LogP contribution is -2.10. The van der Waals surface area contributed by atoms with Crippen molar-refractivity contribution in [2.24, 2.45) is 5.92 Å². The van der Waals surface area contributed by atoms with Gasteiger partial charge in [0.05, 0.1) is 0 Å². The van der Waals surface area contributed by atoms with Crippen LogP contribution >= 0.6 is 0 Å². The number of hydrogen-bond donors (Lipinski definition) is 0. The van der Waals surface area contributed by atoms with E-state index in [-0.39, 0.29) is 5.97 Å². The van der Waals surface area contributed by atoms with Crippen LogP contribution in [0.2, 0.25) is 0 Å². The van der Waals surface area contributed by atoms with E-state index in [0.29, 0.717) is 12.2 Å².